The van der Waals surface area contributed by atoms with Crippen molar-refractivity contribution in [2.24, 2.45) is 5.16 Å². The van der Waals surface area contributed by atoms with Crippen LogP contribution in [0.15, 0.2) is 46.2 Å². The first-order valence-corrected chi connectivity index (χ1v) is 9.15. The molecule has 2 aliphatic heterocycles. The summed E-state index contributed by atoms with van der Waals surface area (Å²) in [6, 6.07) is 6.70. The first-order valence-electron chi connectivity index (χ1n) is 9.15. The van der Waals surface area contributed by atoms with Crippen molar-refractivity contribution in [2.45, 2.75) is 44.2 Å². The van der Waals surface area contributed by atoms with Crippen LogP contribution in [0.5, 0.6) is 0 Å². The number of amides is 1. The quantitative estimate of drug-likeness (QED) is 0.809. The minimum atomic E-state index is -0.835. The van der Waals surface area contributed by atoms with Crippen LogP contribution in [0, 0.1) is 11.6 Å². The Morgan fingerprint density at radius 2 is 2.07 bits per heavy atom. The third-order valence-electron chi connectivity index (χ3n) is 5.09. The first kappa shape index (κ1) is 17.7. The average molecular weight is 374 g/mol. The number of carbonyl (C=O) groups excluding carboxylic acids is 1. The molecule has 0 bridgehead atoms. The summed E-state index contributed by atoms with van der Waals surface area (Å²) in [5.74, 6) is -0.598. The predicted octanol–water partition coefficient (Wildman–Crippen LogP) is 4.19. The lowest BCUT2D eigenvalue weighted by Gasteiger charge is -2.30. The maximum atomic E-state index is 14.0. The van der Waals surface area contributed by atoms with Gasteiger partial charge in [-0.1, -0.05) is 18.0 Å². The van der Waals surface area contributed by atoms with Gasteiger partial charge in [0.2, 0.25) is 6.10 Å². The molecule has 1 aromatic heterocycles. The van der Waals surface area contributed by atoms with Gasteiger partial charge in [0.05, 0.1) is 18.0 Å². The van der Waals surface area contributed by atoms with Gasteiger partial charge in [0.1, 0.15) is 17.4 Å². The van der Waals surface area contributed by atoms with E-state index >= 15 is 0 Å². The van der Waals surface area contributed by atoms with Crippen molar-refractivity contribution >= 4 is 11.6 Å². The van der Waals surface area contributed by atoms with Gasteiger partial charge in [-0.05, 0) is 43.2 Å². The SMILES string of the molecule is O=C([C@H]1CC(c2cc(F)ccc2F)=NO1)N1CCCCC[C@@H]1c1ccco1. The highest BCUT2D eigenvalue weighted by Gasteiger charge is 2.37. The molecule has 0 spiro atoms. The topological polar surface area (TPSA) is 55.0 Å². The Kier molecular flexibility index (Phi) is 4.92. The fourth-order valence-electron chi connectivity index (χ4n) is 3.72. The van der Waals surface area contributed by atoms with Crippen molar-refractivity contribution in [1.82, 2.24) is 4.90 Å². The molecule has 0 saturated carbocycles. The van der Waals surface area contributed by atoms with Gasteiger partial charge in [-0.15, -0.1) is 0 Å². The van der Waals surface area contributed by atoms with E-state index < -0.39 is 17.7 Å². The highest BCUT2D eigenvalue weighted by atomic mass is 19.1. The molecule has 1 aromatic carbocycles. The Bertz CT molecular complexity index is 851. The van der Waals surface area contributed by atoms with Crippen molar-refractivity contribution in [1.29, 1.82) is 0 Å². The molecule has 1 fully saturated rings. The third-order valence-corrected chi connectivity index (χ3v) is 5.09. The Morgan fingerprint density at radius 3 is 2.89 bits per heavy atom. The monoisotopic (exact) mass is 374 g/mol. The van der Waals surface area contributed by atoms with Crippen molar-refractivity contribution in [3.63, 3.8) is 0 Å². The molecule has 2 aromatic rings. The maximum Gasteiger partial charge on any atom is 0.267 e. The molecule has 0 N–H and O–H groups in total. The van der Waals surface area contributed by atoms with E-state index in [1.54, 1.807) is 11.2 Å². The molecule has 0 aliphatic carbocycles. The third kappa shape index (κ3) is 3.59. The molecule has 3 heterocycles. The van der Waals surface area contributed by atoms with Gasteiger partial charge >= 0.3 is 0 Å². The molecule has 0 unspecified atom stereocenters. The van der Waals surface area contributed by atoms with Crippen molar-refractivity contribution < 1.29 is 22.8 Å². The normalized spacial score (nSPS) is 22.9. The Morgan fingerprint density at radius 1 is 1.19 bits per heavy atom. The number of likely N-dealkylation sites (tertiary alicyclic amines) is 1. The van der Waals surface area contributed by atoms with Gasteiger partial charge in [-0.2, -0.15) is 0 Å². The lowest BCUT2D eigenvalue weighted by atomic mass is 10.0. The smallest absolute Gasteiger partial charge is 0.267 e. The van der Waals surface area contributed by atoms with Gasteiger partial charge in [0, 0.05) is 18.5 Å². The van der Waals surface area contributed by atoms with Crippen molar-refractivity contribution in [3.8, 4) is 0 Å². The van der Waals surface area contributed by atoms with E-state index in [1.807, 2.05) is 12.1 Å². The summed E-state index contributed by atoms with van der Waals surface area (Å²) in [5, 5.41) is 3.86. The van der Waals surface area contributed by atoms with E-state index in [0.717, 1.165) is 49.6 Å². The van der Waals surface area contributed by atoms with E-state index in [1.165, 1.54) is 0 Å². The fraction of sp³-hybridized carbons (Fsp3) is 0.400. The Labute approximate surface area is 155 Å². The van der Waals surface area contributed by atoms with Crippen molar-refractivity contribution in [2.75, 3.05) is 6.54 Å². The number of benzene rings is 1. The number of furan rings is 1. The molecule has 2 atom stereocenters. The number of carbonyl (C=O) groups is 1. The molecule has 2 aliphatic rings. The standard InChI is InChI=1S/C20H20F2N2O3/c21-13-7-8-15(22)14(11-13)16-12-19(27-23-16)20(25)24-9-3-1-2-5-17(24)18-6-4-10-26-18/h4,6-8,10-11,17,19H,1-3,5,9,12H2/t17-,19-/m1/s1. The van der Waals surface area contributed by atoms with E-state index in [9.17, 15) is 13.6 Å². The molecule has 1 amide bonds. The summed E-state index contributed by atoms with van der Waals surface area (Å²) in [5.41, 5.74) is 0.276. The van der Waals surface area contributed by atoms with E-state index in [0.29, 0.717) is 6.54 Å². The van der Waals surface area contributed by atoms with Gasteiger partial charge < -0.3 is 14.2 Å². The second-order valence-electron chi connectivity index (χ2n) is 6.87. The summed E-state index contributed by atoms with van der Waals surface area (Å²) in [6.07, 6.45) is 4.65. The molecule has 4 rings (SSSR count). The second-order valence-corrected chi connectivity index (χ2v) is 6.87. The van der Waals surface area contributed by atoms with Crippen LogP contribution in [-0.4, -0.2) is 29.2 Å². The number of oxime groups is 1. The second kappa shape index (κ2) is 7.50. The summed E-state index contributed by atoms with van der Waals surface area (Å²) in [6.45, 7) is 0.605. The van der Waals surface area contributed by atoms with Crippen LogP contribution in [0.25, 0.3) is 0 Å². The van der Waals surface area contributed by atoms with Gasteiger partial charge in [0.15, 0.2) is 0 Å². The van der Waals surface area contributed by atoms with E-state index in [2.05, 4.69) is 5.16 Å². The molecule has 5 nitrogen and oxygen atoms in total. The molecular formula is C20H20F2N2O3. The Balaban J connectivity index is 1.52. The van der Waals surface area contributed by atoms with Gasteiger partial charge in [-0.3, -0.25) is 4.79 Å². The number of halogens is 2. The number of hydrogen-bond acceptors (Lipinski definition) is 4. The lowest BCUT2D eigenvalue weighted by Crippen LogP contribution is -2.41. The van der Waals surface area contributed by atoms with Gasteiger partial charge in [-0.25, -0.2) is 8.78 Å². The molecule has 0 radical (unpaired) electrons. The molecule has 142 valence electrons. The van der Waals surface area contributed by atoms with Crippen LogP contribution in [0.4, 0.5) is 8.78 Å². The molecule has 1 saturated heterocycles. The summed E-state index contributed by atoms with van der Waals surface area (Å²) < 4.78 is 33.0. The van der Waals surface area contributed by atoms with Crippen LogP contribution in [0.2, 0.25) is 0 Å². The predicted molar refractivity (Wildman–Crippen MR) is 94.0 cm³/mol. The summed E-state index contributed by atoms with van der Waals surface area (Å²) in [4.78, 5) is 20.2. The van der Waals surface area contributed by atoms with E-state index in [4.69, 9.17) is 9.25 Å². The first-order chi connectivity index (χ1) is 13.1. The van der Waals surface area contributed by atoms with Crippen LogP contribution in [0.3, 0.4) is 0 Å². The number of nitrogens with zero attached hydrogens (tertiary/aromatic N) is 2. The minimum absolute atomic E-state index is 0.0313. The zero-order chi connectivity index (χ0) is 18.8. The van der Waals surface area contributed by atoms with Crippen LogP contribution >= 0.6 is 0 Å². The highest BCUT2D eigenvalue weighted by Crippen LogP contribution is 2.32. The zero-order valence-electron chi connectivity index (χ0n) is 14.7. The number of hydrogen-bond donors (Lipinski definition) is 0. The summed E-state index contributed by atoms with van der Waals surface area (Å²) >= 11 is 0. The largest absolute Gasteiger partial charge is 0.467 e. The lowest BCUT2D eigenvalue weighted by molar-refractivity contribution is -0.145. The average Bonchev–Trinajstić information content (AvgIpc) is 3.31. The summed E-state index contributed by atoms with van der Waals surface area (Å²) in [7, 11) is 0. The molecule has 27 heavy (non-hydrogen) atoms. The maximum absolute atomic E-state index is 14.0. The molecular weight excluding hydrogens is 354 g/mol. The minimum Gasteiger partial charge on any atom is -0.467 e. The zero-order valence-corrected chi connectivity index (χ0v) is 14.7. The fourth-order valence-corrected chi connectivity index (χ4v) is 3.72. The molecule has 7 heteroatoms. The van der Waals surface area contributed by atoms with Crippen molar-refractivity contribution in [3.05, 3.63) is 59.6 Å². The number of rotatable bonds is 3. The van der Waals surface area contributed by atoms with Crippen LogP contribution < -0.4 is 0 Å². The Hall–Kier alpha value is -2.70. The van der Waals surface area contributed by atoms with E-state index in [-0.39, 0.29) is 29.6 Å². The van der Waals surface area contributed by atoms with Crippen LogP contribution in [-0.2, 0) is 9.63 Å². The highest BCUT2D eigenvalue weighted by molar-refractivity contribution is 6.04. The van der Waals surface area contributed by atoms with Gasteiger partial charge in [0.25, 0.3) is 5.91 Å². The van der Waals surface area contributed by atoms with Crippen LogP contribution in [0.1, 0.15) is 49.5 Å².